The number of ether oxygens (including phenoxy) is 1. The Morgan fingerprint density at radius 2 is 2.04 bits per heavy atom. The zero-order valence-corrected chi connectivity index (χ0v) is 14.1. The van der Waals surface area contributed by atoms with Gasteiger partial charge in [0.25, 0.3) is 0 Å². The molecule has 0 radical (unpaired) electrons. The molecule has 0 saturated carbocycles. The maximum atomic E-state index is 13.3. The molecule has 1 aromatic heterocycles. The first kappa shape index (κ1) is 16.3. The van der Waals surface area contributed by atoms with Gasteiger partial charge >= 0.3 is 0 Å². The van der Waals surface area contributed by atoms with Gasteiger partial charge < -0.3 is 14.6 Å². The summed E-state index contributed by atoms with van der Waals surface area (Å²) in [7, 11) is 0. The summed E-state index contributed by atoms with van der Waals surface area (Å²) in [6.45, 7) is 1.83. The van der Waals surface area contributed by atoms with Crippen LogP contribution in [0.1, 0.15) is 30.7 Å². The zero-order chi connectivity index (χ0) is 17.3. The lowest BCUT2D eigenvalue weighted by Gasteiger charge is -2.38. The van der Waals surface area contributed by atoms with E-state index < -0.39 is 5.41 Å². The minimum Gasteiger partial charge on any atom is -0.381 e. The first-order chi connectivity index (χ1) is 12.2. The molecule has 1 atom stereocenters. The van der Waals surface area contributed by atoms with Crippen LogP contribution in [0.15, 0.2) is 36.7 Å². The molecule has 1 amide bonds. The number of nitrogens with one attached hydrogen (secondary N) is 1. The number of aryl methyl sites for hydroxylation is 1. The van der Waals surface area contributed by atoms with Crippen LogP contribution in [0.3, 0.4) is 0 Å². The lowest BCUT2D eigenvalue weighted by Crippen LogP contribution is -2.52. The topological polar surface area (TPSA) is 56.2 Å². The smallest absolute Gasteiger partial charge is 0.231 e. The van der Waals surface area contributed by atoms with Crippen molar-refractivity contribution in [3.8, 4) is 0 Å². The predicted molar refractivity (Wildman–Crippen MR) is 90.6 cm³/mol. The summed E-state index contributed by atoms with van der Waals surface area (Å²) in [5, 5.41) is 3.24. The fourth-order valence-electron chi connectivity index (χ4n) is 3.94. The van der Waals surface area contributed by atoms with Crippen LogP contribution in [0.5, 0.6) is 0 Å². The minimum atomic E-state index is -0.638. The number of amides is 1. The van der Waals surface area contributed by atoms with Gasteiger partial charge in [-0.15, -0.1) is 0 Å². The Morgan fingerprint density at radius 3 is 2.80 bits per heavy atom. The van der Waals surface area contributed by atoms with Crippen molar-refractivity contribution in [3.63, 3.8) is 0 Å². The average molecular weight is 343 g/mol. The van der Waals surface area contributed by atoms with Gasteiger partial charge in [0.15, 0.2) is 0 Å². The molecule has 2 aliphatic rings. The van der Waals surface area contributed by atoms with Crippen LogP contribution in [-0.4, -0.2) is 34.7 Å². The Balaban J connectivity index is 1.55. The van der Waals surface area contributed by atoms with E-state index in [2.05, 4.69) is 14.9 Å². The van der Waals surface area contributed by atoms with Crippen LogP contribution in [0.25, 0.3) is 0 Å². The maximum absolute atomic E-state index is 13.3. The summed E-state index contributed by atoms with van der Waals surface area (Å²) in [5.74, 6) is 0.812. The van der Waals surface area contributed by atoms with Gasteiger partial charge in [-0.1, -0.05) is 12.1 Å². The van der Waals surface area contributed by atoms with Gasteiger partial charge in [-0.05, 0) is 37.0 Å². The van der Waals surface area contributed by atoms with Crippen LogP contribution < -0.4 is 5.32 Å². The van der Waals surface area contributed by atoms with Crippen molar-refractivity contribution in [3.05, 3.63) is 53.9 Å². The molecule has 2 aliphatic heterocycles. The summed E-state index contributed by atoms with van der Waals surface area (Å²) in [5.41, 5.74) is 0.232. The Bertz CT molecular complexity index is 750. The normalized spacial score (nSPS) is 22.2. The number of aromatic nitrogens is 2. The molecule has 1 aromatic carbocycles. The number of fused-ring (bicyclic) bond motifs is 1. The number of halogens is 1. The molecule has 0 bridgehead atoms. The number of carbonyl (C=O) groups excluding carboxylic acids is 1. The molecule has 6 heteroatoms. The van der Waals surface area contributed by atoms with Crippen molar-refractivity contribution in [2.24, 2.45) is 0 Å². The molecule has 0 aliphatic carbocycles. The van der Waals surface area contributed by atoms with E-state index in [4.69, 9.17) is 4.74 Å². The van der Waals surface area contributed by atoms with Gasteiger partial charge in [0.1, 0.15) is 11.6 Å². The lowest BCUT2D eigenvalue weighted by molar-refractivity contribution is -0.131. The van der Waals surface area contributed by atoms with Crippen molar-refractivity contribution >= 4 is 5.91 Å². The predicted octanol–water partition coefficient (Wildman–Crippen LogP) is 2.20. The molecule has 2 aromatic rings. The molecular weight excluding hydrogens is 321 g/mol. The van der Waals surface area contributed by atoms with E-state index in [-0.39, 0.29) is 17.8 Å². The van der Waals surface area contributed by atoms with Crippen LogP contribution in [0.2, 0.25) is 0 Å². The lowest BCUT2D eigenvalue weighted by atomic mass is 9.73. The Hall–Kier alpha value is -2.21. The second-order valence-electron chi connectivity index (χ2n) is 6.91. The maximum Gasteiger partial charge on any atom is 0.231 e. The number of hydrogen-bond donors (Lipinski definition) is 1. The van der Waals surface area contributed by atoms with Gasteiger partial charge in [0.05, 0.1) is 5.41 Å². The number of hydrogen-bond acceptors (Lipinski definition) is 3. The van der Waals surface area contributed by atoms with E-state index in [0.29, 0.717) is 26.1 Å². The van der Waals surface area contributed by atoms with E-state index in [1.54, 1.807) is 18.3 Å². The van der Waals surface area contributed by atoms with Gasteiger partial charge in [-0.25, -0.2) is 9.37 Å². The van der Waals surface area contributed by atoms with Crippen molar-refractivity contribution in [2.75, 3.05) is 13.2 Å². The summed E-state index contributed by atoms with van der Waals surface area (Å²) >= 11 is 0. The molecule has 132 valence electrons. The molecule has 1 N–H and O–H groups in total. The second-order valence-corrected chi connectivity index (χ2v) is 6.91. The van der Waals surface area contributed by atoms with Gasteiger partial charge in [0, 0.05) is 44.6 Å². The first-order valence-corrected chi connectivity index (χ1v) is 8.82. The van der Waals surface area contributed by atoms with Gasteiger partial charge in [-0.2, -0.15) is 0 Å². The third-order valence-corrected chi connectivity index (χ3v) is 5.45. The second kappa shape index (κ2) is 6.59. The van der Waals surface area contributed by atoms with E-state index in [0.717, 1.165) is 30.8 Å². The number of nitrogens with zero attached hydrogens (tertiary/aromatic N) is 2. The van der Waals surface area contributed by atoms with E-state index in [9.17, 15) is 9.18 Å². The highest BCUT2D eigenvalue weighted by Gasteiger charge is 2.42. The monoisotopic (exact) mass is 343 g/mol. The third-order valence-electron chi connectivity index (χ3n) is 5.45. The molecule has 1 saturated heterocycles. The number of rotatable bonds is 3. The van der Waals surface area contributed by atoms with Crippen molar-refractivity contribution in [1.29, 1.82) is 0 Å². The minimum absolute atomic E-state index is 0.0240. The van der Waals surface area contributed by atoms with Crippen molar-refractivity contribution in [1.82, 2.24) is 14.9 Å². The summed E-state index contributed by atoms with van der Waals surface area (Å²) in [4.78, 5) is 17.6. The molecular formula is C19H22FN3O2. The Morgan fingerprint density at radius 1 is 1.28 bits per heavy atom. The quantitative estimate of drug-likeness (QED) is 0.930. The van der Waals surface area contributed by atoms with Crippen LogP contribution in [0, 0.1) is 5.82 Å². The SMILES string of the molecule is O=C(N[C@H]1CCc2nccn2C1)C1(c2ccc(F)cc2)CCOCC1. The van der Waals surface area contributed by atoms with Gasteiger partial charge in [-0.3, -0.25) is 4.79 Å². The number of imidazole rings is 1. The molecule has 1 fully saturated rings. The molecule has 0 spiro atoms. The van der Waals surface area contributed by atoms with Crippen molar-refractivity contribution < 1.29 is 13.9 Å². The number of carbonyl (C=O) groups is 1. The first-order valence-electron chi connectivity index (χ1n) is 8.82. The summed E-state index contributed by atoms with van der Waals surface area (Å²) in [6, 6.07) is 6.41. The highest BCUT2D eigenvalue weighted by Crippen LogP contribution is 2.35. The fourth-order valence-corrected chi connectivity index (χ4v) is 3.94. The molecule has 25 heavy (non-hydrogen) atoms. The highest BCUT2D eigenvalue weighted by molar-refractivity contribution is 5.88. The average Bonchev–Trinajstić information content (AvgIpc) is 3.10. The van der Waals surface area contributed by atoms with E-state index in [1.807, 2.05) is 6.20 Å². The third kappa shape index (κ3) is 3.06. The standard InChI is InChI=1S/C19H22FN3O2/c20-15-3-1-14(2-4-15)19(7-11-25-12-8-19)18(24)22-16-5-6-17-21-9-10-23(17)13-16/h1-4,9-10,16H,5-8,11-13H2,(H,22,24)/t16-/m0/s1. The summed E-state index contributed by atoms with van der Waals surface area (Å²) in [6.07, 6.45) is 6.75. The van der Waals surface area contributed by atoms with E-state index >= 15 is 0 Å². The zero-order valence-electron chi connectivity index (χ0n) is 14.1. The Kier molecular flexibility index (Phi) is 4.29. The summed E-state index contributed by atoms with van der Waals surface area (Å²) < 4.78 is 20.9. The van der Waals surface area contributed by atoms with Crippen molar-refractivity contribution in [2.45, 2.75) is 43.7 Å². The molecule has 4 rings (SSSR count). The largest absolute Gasteiger partial charge is 0.381 e. The van der Waals surface area contributed by atoms with Crippen LogP contribution in [-0.2, 0) is 27.9 Å². The Labute approximate surface area is 146 Å². The molecule has 5 nitrogen and oxygen atoms in total. The van der Waals surface area contributed by atoms with Crippen LogP contribution >= 0.6 is 0 Å². The van der Waals surface area contributed by atoms with E-state index in [1.165, 1.54) is 12.1 Å². The molecule has 3 heterocycles. The molecule has 0 unspecified atom stereocenters. The highest BCUT2D eigenvalue weighted by atomic mass is 19.1. The van der Waals surface area contributed by atoms with Crippen LogP contribution in [0.4, 0.5) is 4.39 Å². The fraction of sp³-hybridized carbons (Fsp3) is 0.474. The van der Waals surface area contributed by atoms with Gasteiger partial charge in [0.2, 0.25) is 5.91 Å². The number of benzene rings is 1.